The summed E-state index contributed by atoms with van der Waals surface area (Å²) in [6.07, 6.45) is 3.57. The van der Waals surface area contributed by atoms with Gasteiger partial charge in [0.2, 0.25) is 5.91 Å². The van der Waals surface area contributed by atoms with Crippen molar-refractivity contribution in [3.8, 4) is 0 Å². The molecule has 0 heterocycles. The Labute approximate surface area is 104 Å². The highest BCUT2D eigenvalue weighted by atomic mass is 16.5. The van der Waals surface area contributed by atoms with Crippen molar-refractivity contribution in [3.63, 3.8) is 0 Å². The molecule has 4 nitrogen and oxygen atoms in total. The molecule has 1 aliphatic carbocycles. The van der Waals surface area contributed by atoms with E-state index in [1.165, 1.54) is 0 Å². The number of ether oxygens (including phenoxy) is 1. The van der Waals surface area contributed by atoms with Crippen molar-refractivity contribution in [1.82, 2.24) is 0 Å². The summed E-state index contributed by atoms with van der Waals surface area (Å²) in [5.41, 5.74) is 10.7. The smallest absolute Gasteiger partial charge is 0.246 e. The van der Waals surface area contributed by atoms with E-state index in [9.17, 15) is 4.79 Å². The molecule has 4 heteroatoms. The largest absolute Gasteiger partial charge is 0.367 e. The summed E-state index contributed by atoms with van der Waals surface area (Å²) >= 11 is 0. The van der Waals surface area contributed by atoms with E-state index < -0.39 is 12.0 Å². The lowest BCUT2D eigenvalue weighted by molar-refractivity contribution is -0.148. The molecule has 0 aromatic heterocycles. The van der Waals surface area contributed by atoms with Gasteiger partial charge in [0.05, 0.1) is 5.60 Å². The highest BCUT2D eigenvalue weighted by Gasteiger charge is 2.37. The number of primary amides is 1. The Morgan fingerprint density at radius 3 is 2.24 bits per heavy atom. The molecule has 1 rings (SSSR count). The number of amides is 1. The number of hydrogen-bond donors (Lipinski definition) is 2. The monoisotopic (exact) mass is 242 g/mol. The van der Waals surface area contributed by atoms with Gasteiger partial charge in [-0.15, -0.1) is 0 Å². The maximum Gasteiger partial charge on any atom is 0.246 e. The Kier molecular flexibility index (Phi) is 4.95. The zero-order chi connectivity index (χ0) is 13.1. The Bertz CT molecular complexity index is 258. The third kappa shape index (κ3) is 3.68. The molecule has 1 saturated carbocycles. The Morgan fingerprint density at radius 1 is 1.35 bits per heavy atom. The van der Waals surface area contributed by atoms with Crippen molar-refractivity contribution >= 4 is 5.91 Å². The molecule has 1 amide bonds. The summed E-state index contributed by atoms with van der Waals surface area (Å²) in [5.74, 6) is 1.05. The minimum atomic E-state index is -0.547. The number of carbonyl (C=O) groups excluding carboxylic acids is 1. The molecule has 100 valence electrons. The number of carbonyl (C=O) groups is 1. The van der Waals surface area contributed by atoms with E-state index in [1.54, 1.807) is 6.92 Å². The third-order valence-corrected chi connectivity index (χ3v) is 4.08. The maximum absolute atomic E-state index is 11.1. The minimum Gasteiger partial charge on any atom is -0.367 e. The molecule has 1 fully saturated rings. The van der Waals surface area contributed by atoms with Crippen molar-refractivity contribution in [2.45, 2.75) is 58.2 Å². The SMILES string of the molecule is CC(OC1(CN)CCC(C(C)C)CC1)C(N)=O. The van der Waals surface area contributed by atoms with Crippen molar-refractivity contribution in [3.05, 3.63) is 0 Å². The molecule has 0 bridgehead atoms. The van der Waals surface area contributed by atoms with Gasteiger partial charge in [0.25, 0.3) is 0 Å². The lowest BCUT2D eigenvalue weighted by Gasteiger charge is -2.41. The van der Waals surface area contributed by atoms with Crippen LogP contribution in [0.2, 0.25) is 0 Å². The van der Waals surface area contributed by atoms with E-state index in [0.29, 0.717) is 12.5 Å². The summed E-state index contributed by atoms with van der Waals surface area (Å²) in [5, 5.41) is 0. The summed E-state index contributed by atoms with van der Waals surface area (Å²) in [4.78, 5) is 11.1. The first-order chi connectivity index (χ1) is 7.90. The predicted molar refractivity (Wildman–Crippen MR) is 68.3 cm³/mol. The number of rotatable bonds is 5. The second kappa shape index (κ2) is 5.83. The molecule has 0 aromatic carbocycles. The summed E-state index contributed by atoms with van der Waals surface area (Å²) in [6.45, 7) is 6.68. The number of nitrogens with two attached hydrogens (primary N) is 2. The Morgan fingerprint density at radius 2 is 1.88 bits per heavy atom. The molecule has 0 aromatic rings. The Balaban J connectivity index is 2.58. The van der Waals surface area contributed by atoms with Gasteiger partial charge in [-0.25, -0.2) is 0 Å². The van der Waals surface area contributed by atoms with Crippen LogP contribution < -0.4 is 11.5 Å². The fourth-order valence-electron chi connectivity index (χ4n) is 2.64. The van der Waals surface area contributed by atoms with E-state index in [0.717, 1.165) is 31.6 Å². The molecule has 1 unspecified atom stereocenters. The summed E-state index contributed by atoms with van der Waals surface area (Å²) < 4.78 is 5.82. The zero-order valence-electron chi connectivity index (χ0n) is 11.2. The van der Waals surface area contributed by atoms with Gasteiger partial charge in [-0.05, 0) is 44.4 Å². The average molecular weight is 242 g/mol. The summed E-state index contributed by atoms with van der Waals surface area (Å²) in [7, 11) is 0. The fourth-order valence-corrected chi connectivity index (χ4v) is 2.64. The van der Waals surface area contributed by atoms with Gasteiger partial charge in [-0.3, -0.25) is 4.79 Å². The van der Waals surface area contributed by atoms with Crippen LogP contribution in [0.25, 0.3) is 0 Å². The standard InChI is InChI=1S/C13H26N2O2/c1-9(2)11-4-6-13(8-14,7-5-11)17-10(3)12(15)16/h9-11H,4-8,14H2,1-3H3,(H2,15,16). The molecule has 0 radical (unpaired) electrons. The lowest BCUT2D eigenvalue weighted by Crippen LogP contribution is -2.48. The van der Waals surface area contributed by atoms with Crippen LogP contribution in [0.3, 0.4) is 0 Å². The molecular weight excluding hydrogens is 216 g/mol. The van der Waals surface area contributed by atoms with E-state index >= 15 is 0 Å². The van der Waals surface area contributed by atoms with E-state index in [2.05, 4.69) is 13.8 Å². The molecule has 0 spiro atoms. The Hall–Kier alpha value is -0.610. The first kappa shape index (κ1) is 14.5. The molecule has 4 N–H and O–H groups in total. The highest BCUT2D eigenvalue weighted by Crippen LogP contribution is 2.38. The molecular formula is C13H26N2O2. The number of hydrogen-bond acceptors (Lipinski definition) is 3. The van der Waals surface area contributed by atoms with Crippen molar-refractivity contribution in [1.29, 1.82) is 0 Å². The van der Waals surface area contributed by atoms with E-state index in [4.69, 9.17) is 16.2 Å². The van der Waals surface area contributed by atoms with Crippen LogP contribution in [-0.2, 0) is 9.53 Å². The van der Waals surface area contributed by atoms with Gasteiger partial charge in [-0.1, -0.05) is 13.8 Å². The van der Waals surface area contributed by atoms with Crippen LogP contribution in [0, 0.1) is 11.8 Å². The van der Waals surface area contributed by atoms with Crippen LogP contribution in [0.4, 0.5) is 0 Å². The van der Waals surface area contributed by atoms with Crippen molar-refractivity contribution < 1.29 is 9.53 Å². The average Bonchev–Trinajstić information content (AvgIpc) is 2.29. The van der Waals surface area contributed by atoms with Crippen molar-refractivity contribution in [2.24, 2.45) is 23.3 Å². The minimum absolute atomic E-state index is 0.333. The molecule has 17 heavy (non-hydrogen) atoms. The van der Waals surface area contributed by atoms with Gasteiger partial charge in [-0.2, -0.15) is 0 Å². The van der Waals surface area contributed by atoms with Crippen LogP contribution in [0.15, 0.2) is 0 Å². The first-order valence-electron chi connectivity index (χ1n) is 6.57. The first-order valence-corrected chi connectivity index (χ1v) is 6.57. The van der Waals surface area contributed by atoms with Gasteiger partial charge in [0.1, 0.15) is 6.10 Å². The second-order valence-electron chi connectivity index (χ2n) is 5.63. The van der Waals surface area contributed by atoms with Gasteiger partial charge in [0.15, 0.2) is 0 Å². The molecule has 0 aliphatic heterocycles. The molecule has 1 aliphatic rings. The van der Waals surface area contributed by atoms with Gasteiger partial charge in [0, 0.05) is 6.54 Å². The lowest BCUT2D eigenvalue weighted by atomic mass is 9.74. The van der Waals surface area contributed by atoms with Crippen LogP contribution >= 0.6 is 0 Å². The third-order valence-electron chi connectivity index (χ3n) is 4.08. The zero-order valence-corrected chi connectivity index (χ0v) is 11.2. The molecule has 0 saturated heterocycles. The molecule has 1 atom stereocenters. The quantitative estimate of drug-likeness (QED) is 0.765. The van der Waals surface area contributed by atoms with Crippen LogP contribution in [-0.4, -0.2) is 24.2 Å². The van der Waals surface area contributed by atoms with E-state index in [1.807, 2.05) is 0 Å². The highest BCUT2D eigenvalue weighted by molar-refractivity contribution is 5.78. The maximum atomic E-state index is 11.1. The van der Waals surface area contributed by atoms with E-state index in [-0.39, 0.29) is 5.60 Å². The fraction of sp³-hybridized carbons (Fsp3) is 0.923. The normalized spacial score (nSPS) is 31.5. The topological polar surface area (TPSA) is 78.3 Å². The van der Waals surface area contributed by atoms with Crippen LogP contribution in [0.5, 0.6) is 0 Å². The van der Waals surface area contributed by atoms with Crippen molar-refractivity contribution in [2.75, 3.05) is 6.54 Å². The second-order valence-corrected chi connectivity index (χ2v) is 5.63. The summed E-state index contributed by atoms with van der Waals surface area (Å²) in [6, 6.07) is 0. The van der Waals surface area contributed by atoms with Gasteiger partial charge >= 0.3 is 0 Å². The predicted octanol–water partition coefficient (Wildman–Crippen LogP) is 1.42. The van der Waals surface area contributed by atoms with Gasteiger partial charge < -0.3 is 16.2 Å². The van der Waals surface area contributed by atoms with Crippen LogP contribution in [0.1, 0.15) is 46.5 Å².